The molecule has 17 heavy (non-hydrogen) atoms. The molecule has 2 aliphatic heterocycles. The van der Waals surface area contributed by atoms with Crippen LogP contribution in [0.3, 0.4) is 0 Å². The summed E-state index contributed by atoms with van der Waals surface area (Å²) in [4.78, 5) is 0. The number of fused-ring (bicyclic) bond motifs is 3. The first kappa shape index (κ1) is 10.9. The van der Waals surface area contributed by atoms with Gasteiger partial charge in [-0.15, -0.1) is 0 Å². The van der Waals surface area contributed by atoms with Crippen LogP contribution in [0.4, 0.5) is 0 Å². The maximum Gasteiger partial charge on any atom is 0.231 e. The fraction of sp³-hybridized carbons (Fsp3) is 0.538. The Morgan fingerprint density at radius 3 is 3.06 bits per heavy atom. The first-order valence-electron chi connectivity index (χ1n) is 6.01. The zero-order valence-corrected chi connectivity index (χ0v) is 10.2. The molecule has 1 aromatic rings. The van der Waals surface area contributed by atoms with E-state index in [2.05, 4.69) is 18.3 Å². The van der Waals surface area contributed by atoms with Gasteiger partial charge >= 0.3 is 0 Å². The topological polar surface area (TPSA) is 39.7 Å². The lowest BCUT2D eigenvalue weighted by Crippen LogP contribution is -2.34. The van der Waals surface area contributed by atoms with Gasteiger partial charge in [0.2, 0.25) is 6.79 Å². The molecule has 0 saturated heterocycles. The molecular weight excluding hydrogens is 218 g/mol. The van der Waals surface area contributed by atoms with E-state index in [0.717, 1.165) is 30.1 Å². The van der Waals surface area contributed by atoms with Crippen LogP contribution >= 0.6 is 0 Å². The van der Waals surface area contributed by atoms with E-state index in [9.17, 15) is 0 Å². The Morgan fingerprint density at radius 2 is 2.24 bits per heavy atom. The third-order valence-electron chi connectivity index (χ3n) is 3.53. The lowest BCUT2D eigenvalue weighted by Gasteiger charge is -2.31. The molecule has 0 spiro atoms. The third kappa shape index (κ3) is 1.68. The summed E-state index contributed by atoms with van der Waals surface area (Å²) in [6.07, 6.45) is 0.985. The average Bonchev–Trinajstić information content (AvgIpc) is 2.85. The summed E-state index contributed by atoms with van der Waals surface area (Å²) in [6.45, 7) is 3.20. The summed E-state index contributed by atoms with van der Waals surface area (Å²) in [5.41, 5.74) is 2.47. The molecule has 92 valence electrons. The summed E-state index contributed by atoms with van der Waals surface area (Å²) >= 11 is 0. The number of nitrogens with one attached hydrogen (secondary N) is 1. The summed E-state index contributed by atoms with van der Waals surface area (Å²) in [5, 5.41) is 3.25. The molecule has 4 heteroatoms. The Balaban J connectivity index is 2.08. The predicted octanol–water partition coefficient (Wildman–Crippen LogP) is 1.64. The molecule has 4 nitrogen and oxygen atoms in total. The van der Waals surface area contributed by atoms with Gasteiger partial charge in [-0.1, -0.05) is 6.07 Å². The van der Waals surface area contributed by atoms with Crippen molar-refractivity contribution in [2.24, 2.45) is 0 Å². The number of benzene rings is 1. The number of hydrogen-bond acceptors (Lipinski definition) is 4. The highest BCUT2D eigenvalue weighted by Crippen LogP contribution is 2.44. The van der Waals surface area contributed by atoms with E-state index in [4.69, 9.17) is 14.2 Å². The van der Waals surface area contributed by atoms with Crippen LogP contribution in [0, 0.1) is 0 Å². The van der Waals surface area contributed by atoms with Crippen LogP contribution in [0.5, 0.6) is 11.5 Å². The van der Waals surface area contributed by atoms with Gasteiger partial charge in [-0.05, 0) is 32.0 Å². The summed E-state index contributed by atoms with van der Waals surface area (Å²) in [5.74, 6) is 1.71. The standard InChI is InChI=1S/C13H17NO3/c1-8(14-2)12-11-9(5-6-15-12)3-4-10-13(11)17-7-16-10/h3-4,8,12,14H,5-7H2,1-2H3/t8-,12+/m0/s1. The molecule has 1 aromatic carbocycles. The van der Waals surface area contributed by atoms with Gasteiger partial charge in [0.15, 0.2) is 11.5 Å². The number of likely N-dealkylation sites (N-methyl/N-ethyl adjacent to an activating group) is 1. The average molecular weight is 235 g/mol. The predicted molar refractivity (Wildman–Crippen MR) is 63.5 cm³/mol. The summed E-state index contributed by atoms with van der Waals surface area (Å²) in [7, 11) is 1.95. The Morgan fingerprint density at radius 1 is 1.35 bits per heavy atom. The van der Waals surface area contributed by atoms with Gasteiger partial charge in [-0.3, -0.25) is 0 Å². The molecule has 0 aromatic heterocycles. The van der Waals surface area contributed by atoms with Gasteiger partial charge in [0, 0.05) is 11.6 Å². The highest BCUT2D eigenvalue weighted by atomic mass is 16.7. The normalized spacial score (nSPS) is 23.3. The Labute approximate surface area is 101 Å². The quantitative estimate of drug-likeness (QED) is 0.846. The fourth-order valence-corrected chi connectivity index (χ4v) is 2.49. The molecule has 2 atom stereocenters. The minimum Gasteiger partial charge on any atom is -0.454 e. The molecule has 2 aliphatic rings. The van der Waals surface area contributed by atoms with Gasteiger partial charge in [0.1, 0.15) is 6.10 Å². The first-order chi connectivity index (χ1) is 8.31. The molecule has 0 radical (unpaired) electrons. The van der Waals surface area contributed by atoms with Crippen molar-refractivity contribution in [3.05, 3.63) is 23.3 Å². The van der Waals surface area contributed by atoms with Gasteiger partial charge in [0.25, 0.3) is 0 Å². The lowest BCUT2D eigenvalue weighted by atomic mass is 9.92. The van der Waals surface area contributed by atoms with E-state index in [1.807, 2.05) is 13.1 Å². The van der Waals surface area contributed by atoms with Crippen molar-refractivity contribution in [2.45, 2.75) is 25.5 Å². The smallest absolute Gasteiger partial charge is 0.231 e. The minimum absolute atomic E-state index is 0.0420. The third-order valence-corrected chi connectivity index (χ3v) is 3.53. The highest BCUT2D eigenvalue weighted by Gasteiger charge is 2.32. The molecule has 3 rings (SSSR count). The second-order valence-electron chi connectivity index (χ2n) is 4.49. The van der Waals surface area contributed by atoms with Crippen LogP contribution in [0.15, 0.2) is 12.1 Å². The second-order valence-corrected chi connectivity index (χ2v) is 4.49. The maximum atomic E-state index is 5.88. The van der Waals surface area contributed by atoms with Crippen molar-refractivity contribution < 1.29 is 14.2 Å². The molecule has 0 unspecified atom stereocenters. The van der Waals surface area contributed by atoms with E-state index >= 15 is 0 Å². The molecule has 0 bridgehead atoms. The lowest BCUT2D eigenvalue weighted by molar-refractivity contribution is 0.0194. The molecule has 2 heterocycles. The Hall–Kier alpha value is -1.26. The second kappa shape index (κ2) is 4.20. The van der Waals surface area contributed by atoms with Crippen molar-refractivity contribution in [3.8, 4) is 11.5 Å². The number of hydrogen-bond donors (Lipinski definition) is 1. The van der Waals surface area contributed by atoms with Gasteiger partial charge in [-0.25, -0.2) is 0 Å². The fourth-order valence-electron chi connectivity index (χ4n) is 2.49. The number of ether oxygens (including phenoxy) is 3. The van der Waals surface area contributed by atoms with E-state index in [0.29, 0.717) is 6.79 Å². The van der Waals surface area contributed by atoms with Gasteiger partial charge in [0.05, 0.1) is 6.61 Å². The van der Waals surface area contributed by atoms with Crippen molar-refractivity contribution in [1.82, 2.24) is 5.32 Å². The SMILES string of the molecule is CN[C@@H](C)[C@H]1OCCc2ccc3c(c21)OCO3. The Kier molecular flexibility index (Phi) is 2.68. The van der Waals surface area contributed by atoms with E-state index in [1.54, 1.807) is 0 Å². The minimum atomic E-state index is 0.0420. The molecule has 0 fully saturated rings. The van der Waals surface area contributed by atoms with Crippen LogP contribution in [-0.4, -0.2) is 26.5 Å². The number of rotatable bonds is 2. The molecule has 1 N–H and O–H groups in total. The zero-order valence-electron chi connectivity index (χ0n) is 10.2. The monoisotopic (exact) mass is 235 g/mol. The van der Waals surface area contributed by atoms with Crippen molar-refractivity contribution in [3.63, 3.8) is 0 Å². The molecule has 0 aliphatic carbocycles. The maximum absolute atomic E-state index is 5.88. The molecule has 0 saturated carbocycles. The van der Waals surface area contributed by atoms with Crippen LogP contribution in [0.25, 0.3) is 0 Å². The van der Waals surface area contributed by atoms with Gasteiger partial charge in [-0.2, -0.15) is 0 Å². The van der Waals surface area contributed by atoms with Crippen molar-refractivity contribution in [1.29, 1.82) is 0 Å². The summed E-state index contributed by atoms with van der Waals surface area (Å²) in [6, 6.07) is 4.37. The zero-order chi connectivity index (χ0) is 11.8. The summed E-state index contributed by atoms with van der Waals surface area (Å²) < 4.78 is 16.9. The van der Waals surface area contributed by atoms with Crippen molar-refractivity contribution >= 4 is 0 Å². The largest absolute Gasteiger partial charge is 0.454 e. The van der Waals surface area contributed by atoms with Crippen LogP contribution in [0.2, 0.25) is 0 Å². The Bertz CT molecular complexity index is 433. The van der Waals surface area contributed by atoms with Crippen LogP contribution < -0.4 is 14.8 Å². The first-order valence-corrected chi connectivity index (χ1v) is 6.01. The molecule has 0 amide bonds. The molecular formula is C13H17NO3. The van der Waals surface area contributed by atoms with E-state index in [-0.39, 0.29) is 12.1 Å². The van der Waals surface area contributed by atoms with E-state index in [1.165, 1.54) is 5.56 Å². The van der Waals surface area contributed by atoms with Crippen LogP contribution in [-0.2, 0) is 11.2 Å². The van der Waals surface area contributed by atoms with Crippen molar-refractivity contribution in [2.75, 3.05) is 20.4 Å². The van der Waals surface area contributed by atoms with Gasteiger partial charge < -0.3 is 19.5 Å². The highest BCUT2D eigenvalue weighted by molar-refractivity contribution is 5.54. The van der Waals surface area contributed by atoms with E-state index < -0.39 is 0 Å². The van der Waals surface area contributed by atoms with Crippen LogP contribution in [0.1, 0.15) is 24.2 Å².